The van der Waals surface area contributed by atoms with Crippen LogP contribution in [0.3, 0.4) is 0 Å². The molecular formula is C35H31F3N4O3. The van der Waals surface area contributed by atoms with Crippen molar-refractivity contribution in [3.05, 3.63) is 118 Å². The Bertz CT molecular complexity index is 1770. The molecule has 4 aromatic carbocycles. The van der Waals surface area contributed by atoms with E-state index >= 15 is 0 Å². The quantitative estimate of drug-likeness (QED) is 0.226. The molecule has 2 heterocycles. The molecule has 4 amide bonds. The number of rotatable bonds is 7. The van der Waals surface area contributed by atoms with Crippen LogP contribution < -0.4 is 16.4 Å². The van der Waals surface area contributed by atoms with Gasteiger partial charge < -0.3 is 21.3 Å². The Hall–Kier alpha value is -5.12. The zero-order valence-corrected chi connectivity index (χ0v) is 24.3. The van der Waals surface area contributed by atoms with Crippen molar-refractivity contribution < 1.29 is 27.6 Å². The van der Waals surface area contributed by atoms with Crippen LogP contribution in [0.15, 0.2) is 84.9 Å². The van der Waals surface area contributed by atoms with Gasteiger partial charge in [0.25, 0.3) is 5.91 Å². The maximum absolute atomic E-state index is 13.7. The third-order valence-corrected chi connectivity index (χ3v) is 8.50. The molecule has 0 bridgehead atoms. The van der Waals surface area contributed by atoms with Gasteiger partial charge in [-0.25, -0.2) is 4.79 Å². The normalized spacial score (nSPS) is 14.7. The van der Waals surface area contributed by atoms with Gasteiger partial charge in [-0.1, -0.05) is 60.7 Å². The van der Waals surface area contributed by atoms with E-state index in [4.69, 9.17) is 5.73 Å². The van der Waals surface area contributed by atoms with Crippen molar-refractivity contribution in [2.75, 3.05) is 6.54 Å². The highest BCUT2D eigenvalue weighted by atomic mass is 19.4. The Kier molecular flexibility index (Phi) is 8.05. The molecule has 230 valence electrons. The molecule has 4 N–H and O–H groups in total. The summed E-state index contributed by atoms with van der Waals surface area (Å²) in [6.07, 6.45) is -3.50. The van der Waals surface area contributed by atoms with Crippen LogP contribution in [0, 0.1) is 0 Å². The molecule has 7 nitrogen and oxygen atoms in total. The van der Waals surface area contributed by atoms with E-state index in [-0.39, 0.29) is 24.9 Å². The first-order chi connectivity index (χ1) is 21.6. The predicted octanol–water partition coefficient (Wildman–Crippen LogP) is 6.36. The van der Waals surface area contributed by atoms with Crippen molar-refractivity contribution in [3.8, 4) is 22.3 Å². The minimum absolute atomic E-state index is 0.110. The largest absolute Gasteiger partial charge is 0.416 e. The maximum atomic E-state index is 13.7. The Morgan fingerprint density at radius 2 is 1.56 bits per heavy atom. The maximum Gasteiger partial charge on any atom is 0.416 e. The molecule has 0 radical (unpaired) electrons. The second kappa shape index (κ2) is 12.1. The molecule has 10 heteroatoms. The number of benzene rings is 4. The first-order valence-corrected chi connectivity index (χ1v) is 14.7. The smallest absolute Gasteiger partial charge is 0.370 e. The number of urea groups is 1. The van der Waals surface area contributed by atoms with Gasteiger partial charge in [-0.2, -0.15) is 13.2 Å². The highest BCUT2D eigenvalue weighted by molar-refractivity contribution is 5.99. The Balaban J connectivity index is 1.35. The van der Waals surface area contributed by atoms with E-state index in [1.165, 1.54) is 12.1 Å². The standard InChI is InChI=1S/C35H31F3N4O3/c36-35(37,38)25-9-6-21(7-10-25)26-12-13-27(23-8-11-28-24(18-23)19-40-33(28)44)30-20-42(17-16-29(26)30)34(45)41-31(14-15-32(39)43)22-4-2-1-3-5-22/h1-13,18,31H,14-17,19-20H2,(H2,39,43)(H,40,44)(H,41,45)/t31-/m0/s1. The molecule has 0 unspecified atom stereocenters. The van der Waals surface area contributed by atoms with Crippen LogP contribution in [0.25, 0.3) is 22.3 Å². The summed E-state index contributed by atoms with van der Waals surface area (Å²) < 4.78 is 39.8. The summed E-state index contributed by atoms with van der Waals surface area (Å²) in [5.74, 6) is -0.577. The van der Waals surface area contributed by atoms with E-state index in [1.54, 1.807) is 11.0 Å². The fraction of sp³-hybridized carbons (Fsp3) is 0.229. The first-order valence-electron chi connectivity index (χ1n) is 14.7. The second-order valence-electron chi connectivity index (χ2n) is 11.3. The predicted molar refractivity (Wildman–Crippen MR) is 164 cm³/mol. The summed E-state index contributed by atoms with van der Waals surface area (Å²) in [7, 11) is 0. The van der Waals surface area contributed by atoms with E-state index in [2.05, 4.69) is 10.6 Å². The fourth-order valence-corrected chi connectivity index (χ4v) is 6.16. The van der Waals surface area contributed by atoms with Crippen molar-refractivity contribution in [2.45, 2.75) is 44.6 Å². The third kappa shape index (κ3) is 6.26. The van der Waals surface area contributed by atoms with Crippen molar-refractivity contribution >= 4 is 17.8 Å². The van der Waals surface area contributed by atoms with E-state index in [1.807, 2.05) is 54.6 Å². The summed E-state index contributed by atoms with van der Waals surface area (Å²) in [6.45, 7) is 1.07. The molecule has 1 atom stereocenters. The number of nitrogens with one attached hydrogen (secondary N) is 2. The zero-order chi connectivity index (χ0) is 31.7. The van der Waals surface area contributed by atoms with Crippen LogP contribution in [-0.2, 0) is 30.5 Å². The lowest BCUT2D eigenvalue weighted by atomic mass is 9.85. The molecule has 0 aliphatic carbocycles. The van der Waals surface area contributed by atoms with Crippen LogP contribution in [0.2, 0.25) is 0 Å². The van der Waals surface area contributed by atoms with Crippen molar-refractivity contribution in [2.24, 2.45) is 5.73 Å². The fourth-order valence-electron chi connectivity index (χ4n) is 6.16. The molecule has 0 saturated carbocycles. The summed E-state index contributed by atoms with van der Waals surface area (Å²) in [6, 6.07) is 23.3. The van der Waals surface area contributed by atoms with E-state index in [0.29, 0.717) is 37.1 Å². The van der Waals surface area contributed by atoms with Gasteiger partial charge in [0.05, 0.1) is 11.6 Å². The molecule has 0 fully saturated rings. The van der Waals surface area contributed by atoms with Gasteiger partial charge in [-0.15, -0.1) is 0 Å². The average molecular weight is 613 g/mol. The molecule has 0 spiro atoms. The summed E-state index contributed by atoms with van der Waals surface area (Å²) in [5.41, 5.74) is 12.1. The number of carbonyl (C=O) groups is 3. The Morgan fingerprint density at radius 3 is 2.24 bits per heavy atom. The summed E-state index contributed by atoms with van der Waals surface area (Å²) in [5, 5.41) is 5.91. The lowest BCUT2D eigenvalue weighted by Crippen LogP contribution is -2.44. The van der Waals surface area contributed by atoms with Gasteiger partial charge in [0.15, 0.2) is 0 Å². The number of hydrogen-bond donors (Lipinski definition) is 3. The van der Waals surface area contributed by atoms with E-state index < -0.39 is 23.7 Å². The number of alkyl halides is 3. The van der Waals surface area contributed by atoms with Gasteiger partial charge in [-0.05, 0) is 81.6 Å². The highest BCUT2D eigenvalue weighted by Gasteiger charge is 2.31. The molecular weight excluding hydrogens is 581 g/mol. The SMILES string of the molecule is NC(=O)CC[C@H](NC(=O)N1CCc2c(-c3ccc(C(F)(F)F)cc3)ccc(-c3ccc4c(c3)CNC4=O)c2C1)c1ccccc1. The number of amides is 4. The highest BCUT2D eigenvalue weighted by Crippen LogP contribution is 2.39. The topological polar surface area (TPSA) is 105 Å². The van der Waals surface area contributed by atoms with Gasteiger partial charge in [-0.3, -0.25) is 9.59 Å². The lowest BCUT2D eigenvalue weighted by Gasteiger charge is -2.33. The number of hydrogen-bond acceptors (Lipinski definition) is 3. The van der Waals surface area contributed by atoms with Gasteiger partial charge in [0.1, 0.15) is 0 Å². The van der Waals surface area contributed by atoms with Crippen molar-refractivity contribution in [3.63, 3.8) is 0 Å². The van der Waals surface area contributed by atoms with Crippen LogP contribution in [0.4, 0.5) is 18.0 Å². The van der Waals surface area contributed by atoms with Gasteiger partial charge in [0.2, 0.25) is 5.91 Å². The Labute approximate surface area is 258 Å². The minimum Gasteiger partial charge on any atom is -0.370 e. The molecule has 2 aliphatic heterocycles. The number of fused-ring (bicyclic) bond motifs is 2. The van der Waals surface area contributed by atoms with Crippen molar-refractivity contribution in [1.82, 2.24) is 15.5 Å². The third-order valence-electron chi connectivity index (χ3n) is 8.50. The first kappa shape index (κ1) is 29.9. The molecule has 0 aromatic heterocycles. The average Bonchev–Trinajstić information content (AvgIpc) is 3.41. The number of carbonyl (C=O) groups excluding carboxylic acids is 3. The monoisotopic (exact) mass is 612 g/mol. The molecule has 4 aromatic rings. The summed E-state index contributed by atoms with van der Waals surface area (Å²) >= 11 is 0. The summed E-state index contributed by atoms with van der Waals surface area (Å²) in [4.78, 5) is 39.1. The van der Waals surface area contributed by atoms with Gasteiger partial charge >= 0.3 is 12.2 Å². The van der Waals surface area contributed by atoms with E-state index in [9.17, 15) is 27.6 Å². The van der Waals surface area contributed by atoms with Crippen LogP contribution >= 0.6 is 0 Å². The number of nitrogens with zero attached hydrogens (tertiary/aromatic N) is 1. The Morgan fingerprint density at radius 1 is 0.889 bits per heavy atom. The zero-order valence-electron chi connectivity index (χ0n) is 24.3. The molecule has 45 heavy (non-hydrogen) atoms. The van der Waals surface area contributed by atoms with Crippen LogP contribution in [0.1, 0.15) is 57.1 Å². The molecule has 2 aliphatic rings. The number of halogens is 3. The molecule has 0 saturated heterocycles. The lowest BCUT2D eigenvalue weighted by molar-refractivity contribution is -0.137. The van der Waals surface area contributed by atoms with Gasteiger partial charge in [0, 0.05) is 31.6 Å². The van der Waals surface area contributed by atoms with Crippen LogP contribution in [-0.4, -0.2) is 29.3 Å². The van der Waals surface area contributed by atoms with Crippen molar-refractivity contribution in [1.29, 1.82) is 0 Å². The van der Waals surface area contributed by atoms with E-state index in [0.717, 1.165) is 51.1 Å². The van der Waals surface area contributed by atoms with Crippen LogP contribution in [0.5, 0.6) is 0 Å². The number of primary amides is 1. The minimum atomic E-state index is -4.44. The second-order valence-corrected chi connectivity index (χ2v) is 11.3. The number of nitrogens with two attached hydrogens (primary N) is 1. The molecule has 6 rings (SSSR count).